The molecule has 0 spiro atoms. The van der Waals surface area contributed by atoms with Gasteiger partial charge in [-0.15, -0.1) is 0 Å². The second kappa shape index (κ2) is 5.87. The molecule has 0 atom stereocenters. The highest BCUT2D eigenvalue weighted by molar-refractivity contribution is 5.76. The number of benzene rings is 1. The van der Waals surface area contributed by atoms with Crippen LogP contribution in [0.25, 0.3) is 11.0 Å². The number of H-pyrrole nitrogens is 1. The number of hydrogen-bond acceptors (Lipinski definition) is 3. The van der Waals surface area contributed by atoms with E-state index in [4.69, 9.17) is 0 Å². The van der Waals surface area contributed by atoms with E-state index < -0.39 is 0 Å². The van der Waals surface area contributed by atoms with Crippen LogP contribution in [0.5, 0.6) is 5.75 Å². The molecular formula is C14H21N3O. The molecule has 0 saturated carbocycles. The molecular weight excluding hydrogens is 226 g/mol. The van der Waals surface area contributed by atoms with Crippen molar-refractivity contribution in [2.75, 3.05) is 13.1 Å². The van der Waals surface area contributed by atoms with Crippen LogP contribution in [0.2, 0.25) is 0 Å². The Hall–Kier alpha value is -1.55. The Bertz CT molecular complexity index is 505. The van der Waals surface area contributed by atoms with Gasteiger partial charge in [0.15, 0.2) is 0 Å². The fourth-order valence-electron chi connectivity index (χ4n) is 1.89. The lowest BCUT2D eigenvalue weighted by atomic mass is 10.1. The highest BCUT2D eigenvalue weighted by Crippen LogP contribution is 2.17. The van der Waals surface area contributed by atoms with Gasteiger partial charge in [0.05, 0.1) is 11.0 Å². The van der Waals surface area contributed by atoms with Gasteiger partial charge < -0.3 is 15.4 Å². The first kappa shape index (κ1) is 12.9. The first-order valence-corrected chi connectivity index (χ1v) is 6.53. The quantitative estimate of drug-likeness (QED) is 0.687. The summed E-state index contributed by atoms with van der Waals surface area (Å²) in [6.45, 7) is 6.44. The number of nitrogens with zero attached hydrogens (tertiary/aromatic N) is 1. The Morgan fingerprint density at radius 3 is 2.94 bits per heavy atom. The summed E-state index contributed by atoms with van der Waals surface area (Å²) >= 11 is 0. The van der Waals surface area contributed by atoms with E-state index in [2.05, 4.69) is 29.1 Å². The smallest absolute Gasteiger partial charge is 0.117 e. The van der Waals surface area contributed by atoms with Gasteiger partial charge in [-0.2, -0.15) is 0 Å². The minimum Gasteiger partial charge on any atom is -0.508 e. The fourth-order valence-corrected chi connectivity index (χ4v) is 1.89. The standard InChI is InChI=1S/C14H21N3O/c1-10(2)5-7-15-8-6-14-16-12-4-3-11(18)9-13(12)17-14/h3-4,9-10,15,18H,5-8H2,1-2H3,(H,16,17). The van der Waals surface area contributed by atoms with Crippen LogP contribution in [0.1, 0.15) is 26.1 Å². The predicted molar refractivity (Wildman–Crippen MR) is 73.8 cm³/mol. The molecule has 1 aromatic heterocycles. The van der Waals surface area contributed by atoms with Crippen LogP contribution in [-0.2, 0) is 6.42 Å². The number of aromatic amines is 1. The number of rotatable bonds is 6. The topological polar surface area (TPSA) is 60.9 Å². The second-order valence-corrected chi connectivity index (χ2v) is 5.07. The fraction of sp³-hybridized carbons (Fsp3) is 0.500. The summed E-state index contributed by atoms with van der Waals surface area (Å²) in [5, 5.41) is 12.8. The lowest BCUT2D eigenvalue weighted by Crippen LogP contribution is -2.20. The summed E-state index contributed by atoms with van der Waals surface area (Å²) in [4.78, 5) is 7.70. The Balaban J connectivity index is 1.84. The lowest BCUT2D eigenvalue weighted by molar-refractivity contribution is 0.476. The van der Waals surface area contributed by atoms with Crippen molar-refractivity contribution in [3.63, 3.8) is 0 Å². The van der Waals surface area contributed by atoms with Gasteiger partial charge in [-0.1, -0.05) is 13.8 Å². The van der Waals surface area contributed by atoms with Crippen LogP contribution in [0, 0.1) is 5.92 Å². The molecule has 18 heavy (non-hydrogen) atoms. The average Bonchev–Trinajstić information content (AvgIpc) is 2.70. The summed E-state index contributed by atoms with van der Waals surface area (Å²) in [7, 11) is 0. The molecule has 0 fully saturated rings. The summed E-state index contributed by atoms with van der Waals surface area (Å²) in [5.74, 6) is 1.98. The van der Waals surface area contributed by atoms with Crippen molar-refractivity contribution in [3.05, 3.63) is 24.0 Å². The summed E-state index contributed by atoms with van der Waals surface area (Å²) in [5.41, 5.74) is 1.80. The maximum absolute atomic E-state index is 9.38. The summed E-state index contributed by atoms with van der Waals surface area (Å²) in [6, 6.07) is 5.20. The van der Waals surface area contributed by atoms with Crippen LogP contribution < -0.4 is 5.32 Å². The van der Waals surface area contributed by atoms with Gasteiger partial charge in [-0.3, -0.25) is 0 Å². The molecule has 0 amide bonds. The number of imidazole rings is 1. The largest absolute Gasteiger partial charge is 0.508 e. The van der Waals surface area contributed by atoms with E-state index in [1.165, 1.54) is 6.42 Å². The van der Waals surface area contributed by atoms with Crippen molar-refractivity contribution < 1.29 is 5.11 Å². The highest BCUT2D eigenvalue weighted by atomic mass is 16.3. The molecule has 4 nitrogen and oxygen atoms in total. The van der Waals surface area contributed by atoms with Crippen molar-refractivity contribution >= 4 is 11.0 Å². The van der Waals surface area contributed by atoms with E-state index in [-0.39, 0.29) is 5.75 Å². The molecule has 0 aliphatic carbocycles. The van der Waals surface area contributed by atoms with Crippen molar-refractivity contribution in [1.82, 2.24) is 15.3 Å². The van der Waals surface area contributed by atoms with Crippen LogP contribution in [0.3, 0.4) is 0 Å². The third-order valence-electron chi connectivity index (χ3n) is 2.95. The van der Waals surface area contributed by atoms with Gasteiger partial charge in [0.2, 0.25) is 0 Å². The van der Waals surface area contributed by atoms with Gasteiger partial charge in [0.25, 0.3) is 0 Å². The molecule has 0 aliphatic rings. The van der Waals surface area contributed by atoms with Gasteiger partial charge in [-0.05, 0) is 31.0 Å². The highest BCUT2D eigenvalue weighted by Gasteiger charge is 2.03. The van der Waals surface area contributed by atoms with Gasteiger partial charge in [-0.25, -0.2) is 4.98 Å². The number of nitrogens with one attached hydrogen (secondary N) is 2. The molecule has 1 aromatic carbocycles. The number of fused-ring (bicyclic) bond motifs is 1. The number of phenolic OH excluding ortho intramolecular Hbond substituents is 1. The van der Waals surface area contributed by atoms with E-state index in [0.29, 0.717) is 0 Å². The van der Waals surface area contributed by atoms with Crippen molar-refractivity contribution in [2.45, 2.75) is 26.7 Å². The molecule has 0 bridgehead atoms. The van der Waals surface area contributed by atoms with E-state index >= 15 is 0 Å². The van der Waals surface area contributed by atoms with Crippen LogP contribution in [0.4, 0.5) is 0 Å². The third kappa shape index (κ3) is 3.47. The van der Waals surface area contributed by atoms with E-state index in [1.54, 1.807) is 12.1 Å². The zero-order valence-electron chi connectivity index (χ0n) is 11.0. The zero-order chi connectivity index (χ0) is 13.0. The average molecular weight is 247 g/mol. The van der Waals surface area contributed by atoms with E-state index in [9.17, 15) is 5.11 Å². The lowest BCUT2D eigenvalue weighted by Gasteiger charge is -2.05. The Labute approximate surface area is 107 Å². The molecule has 0 saturated heterocycles. The molecule has 3 N–H and O–H groups in total. The first-order chi connectivity index (χ1) is 8.65. The Morgan fingerprint density at radius 2 is 2.17 bits per heavy atom. The molecule has 4 heteroatoms. The van der Waals surface area contributed by atoms with E-state index in [0.717, 1.165) is 42.3 Å². The molecule has 2 rings (SSSR count). The van der Waals surface area contributed by atoms with Crippen LogP contribution >= 0.6 is 0 Å². The molecule has 98 valence electrons. The third-order valence-corrected chi connectivity index (χ3v) is 2.95. The van der Waals surface area contributed by atoms with Crippen molar-refractivity contribution in [2.24, 2.45) is 5.92 Å². The molecule has 0 aliphatic heterocycles. The number of aromatic hydroxyl groups is 1. The monoisotopic (exact) mass is 247 g/mol. The van der Waals surface area contributed by atoms with Gasteiger partial charge in [0, 0.05) is 19.0 Å². The van der Waals surface area contributed by atoms with E-state index in [1.807, 2.05) is 6.07 Å². The van der Waals surface area contributed by atoms with Crippen molar-refractivity contribution in [1.29, 1.82) is 0 Å². The summed E-state index contributed by atoms with van der Waals surface area (Å²) in [6.07, 6.45) is 2.08. The molecule has 0 radical (unpaired) electrons. The maximum atomic E-state index is 9.38. The first-order valence-electron chi connectivity index (χ1n) is 6.53. The predicted octanol–water partition coefficient (Wildman–Crippen LogP) is 2.45. The number of phenols is 1. The second-order valence-electron chi connectivity index (χ2n) is 5.07. The van der Waals surface area contributed by atoms with Gasteiger partial charge >= 0.3 is 0 Å². The molecule has 1 heterocycles. The molecule has 2 aromatic rings. The Kier molecular flexibility index (Phi) is 4.20. The van der Waals surface area contributed by atoms with Gasteiger partial charge in [0.1, 0.15) is 11.6 Å². The Morgan fingerprint density at radius 1 is 1.33 bits per heavy atom. The minimum atomic E-state index is 0.271. The zero-order valence-corrected chi connectivity index (χ0v) is 11.0. The number of aromatic nitrogens is 2. The minimum absolute atomic E-state index is 0.271. The normalized spacial score (nSPS) is 11.5. The summed E-state index contributed by atoms with van der Waals surface area (Å²) < 4.78 is 0. The SMILES string of the molecule is CC(C)CCNCCc1nc2ccc(O)cc2[nH]1. The number of hydrogen-bond donors (Lipinski definition) is 3. The van der Waals surface area contributed by atoms with Crippen molar-refractivity contribution in [3.8, 4) is 5.75 Å². The molecule has 0 unspecified atom stereocenters. The van der Waals surface area contributed by atoms with Crippen LogP contribution in [0.15, 0.2) is 18.2 Å². The van der Waals surface area contributed by atoms with Crippen LogP contribution in [-0.4, -0.2) is 28.2 Å². The maximum Gasteiger partial charge on any atom is 0.117 e.